The monoisotopic (exact) mass is 364 g/mol. The molecule has 2 aromatic carbocycles. The van der Waals surface area contributed by atoms with Crippen molar-refractivity contribution < 1.29 is 13.2 Å². The number of rotatable bonds is 4. The molecule has 0 aliphatic carbocycles. The molecule has 0 saturated carbocycles. The molecule has 26 heavy (non-hydrogen) atoms. The number of aromatic nitrogens is 2. The van der Waals surface area contributed by atoms with Gasteiger partial charge in [-0.1, -0.05) is 30.3 Å². The van der Waals surface area contributed by atoms with Crippen LogP contribution in [0.2, 0.25) is 0 Å². The Morgan fingerprint density at radius 2 is 1.62 bits per heavy atom. The van der Waals surface area contributed by atoms with E-state index in [1.807, 2.05) is 24.3 Å². The summed E-state index contributed by atoms with van der Waals surface area (Å²) in [6.45, 7) is 0. The standard InChI is InChI=1S/C20H16N2O3S/c1-25-20-10-6-5-9-16(20)17-11-12-19-18(21-17)13-14-22(19)26(23,24)15-7-3-2-4-8-15/h2-14H,1H3. The number of fused-ring (bicyclic) bond motifs is 1. The fourth-order valence-corrected chi connectivity index (χ4v) is 4.28. The van der Waals surface area contributed by atoms with E-state index in [9.17, 15) is 8.42 Å². The molecule has 0 fully saturated rings. The molecule has 5 nitrogen and oxygen atoms in total. The van der Waals surface area contributed by atoms with Crippen molar-refractivity contribution in [2.45, 2.75) is 4.90 Å². The van der Waals surface area contributed by atoms with Gasteiger partial charge in [0, 0.05) is 11.8 Å². The molecule has 0 spiro atoms. The van der Waals surface area contributed by atoms with Crippen LogP contribution in [-0.2, 0) is 10.0 Å². The van der Waals surface area contributed by atoms with Crippen LogP contribution < -0.4 is 4.74 Å². The Morgan fingerprint density at radius 3 is 2.38 bits per heavy atom. The normalized spacial score (nSPS) is 11.6. The average Bonchev–Trinajstić information content (AvgIpc) is 3.12. The Bertz CT molecular complexity index is 1180. The van der Waals surface area contributed by atoms with E-state index in [4.69, 9.17) is 4.74 Å². The summed E-state index contributed by atoms with van der Waals surface area (Å²) in [5, 5.41) is 0. The highest BCUT2D eigenvalue weighted by atomic mass is 32.2. The smallest absolute Gasteiger partial charge is 0.268 e. The predicted octanol–water partition coefficient (Wildman–Crippen LogP) is 3.95. The summed E-state index contributed by atoms with van der Waals surface area (Å²) in [6, 6.07) is 21.2. The lowest BCUT2D eigenvalue weighted by molar-refractivity contribution is 0.416. The SMILES string of the molecule is COc1ccccc1-c1ccc2c(ccn2S(=O)(=O)c2ccccc2)n1. The minimum Gasteiger partial charge on any atom is -0.496 e. The van der Waals surface area contributed by atoms with Crippen molar-refractivity contribution in [2.24, 2.45) is 0 Å². The molecular weight excluding hydrogens is 348 g/mol. The summed E-state index contributed by atoms with van der Waals surface area (Å²) in [6.07, 6.45) is 1.53. The molecule has 4 aromatic rings. The quantitative estimate of drug-likeness (QED) is 0.550. The second kappa shape index (κ2) is 6.31. The lowest BCUT2D eigenvalue weighted by Gasteiger charge is -2.09. The Kier molecular flexibility index (Phi) is 3.97. The highest BCUT2D eigenvalue weighted by molar-refractivity contribution is 7.90. The molecule has 0 atom stereocenters. The summed E-state index contributed by atoms with van der Waals surface area (Å²) < 4.78 is 32.4. The van der Waals surface area contributed by atoms with Gasteiger partial charge in [-0.2, -0.15) is 0 Å². The molecule has 0 N–H and O–H groups in total. The van der Waals surface area contributed by atoms with Crippen LogP contribution in [0.4, 0.5) is 0 Å². The molecular formula is C20H16N2O3S. The number of nitrogens with zero attached hydrogens (tertiary/aromatic N) is 2. The Labute approximate surface area is 151 Å². The highest BCUT2D eigenvalue weighted by Gasteiger charge is 2.19. The molecule has 130 valence electrons. The topological polar surface area (TPSA) is 61.2 Å². The Balaban J connectivity index is 1.85. The largest absolute Gasteiger partial charge is 0.496 e. The van der Waals surface area contributed by atoms with Gasteiger partial charge in [0.15, 0.2) is 0 Å². The fraction of sp³-hybridized carbons (Fsp3) is 0.0500. The van der Waals surface area contributed by atoms with Gasteiger partial charge < -0.3 is 4.74 Å². The zero-order chi connectivity index (χ0) is 18.1. The van der Waals surface area contributed by atoms with E-state index in [0.29, 0.717) is 11.0 Å². The van der Waals surface area contributed by atoms with Crippen LogP contribution in [0.15, 0.2) is 83.9 Å². The van der Waals surface area contributed by atoms with E-state index < -0.39 is 10.0 Å². The number of benzene rings is 2. The predicted molar refractivity (Wildman–Crippen MR) is 101 cm³/mol. The van der Waals surface area contributed by atoms with Crippen molar-refractivity contribution in [3.05, 3.63) is 79.0 Å². The fourth-order valence-electron chi connectivity index (χ4n) is 2.92. The average molecular weight is 364 g/mol. The first-order valence-electron chi connectivity index (χ1n) is 8.03. The second-order valence-corrected chi connectivity index (χ2v) is 7.55. The van der Waals surface area contributed by atoms with Gasteiger partial charge in [0.2, 0.25) is 0 Å². The van der Waals surface area contributed by atoms with Gasteiger partial charge in [-0.25, -0.2) is 17.4 Å². The number of ether oxygens (including phenoxy) is 1. The first kappa shape index (κ1) is 16.4. The highest BCUT2D eigenvalue weighted by Crippen LogP contribution is 2.30. The van der Waals surface area contributed by atoms with Crippen LogP contribution in [-0.4, -0.2) is 24.5 Å². The van der Waals surface area contributed by atoms with Gasteiger partial charge in [0.25, 0.3) is 10.0 Å². The first-order chi connectivity index (χ1) is 12.6. The van der Waals surface area contributed by atoms with Crippen LogP contribution in [0, 0.1) is 0 Å². The van der Waals surface area contributed by atoms with E-state index in [1.54, 1.807) is 55.6 Å². The van der Waals surface area contributed by atoms with E-state index in [-0.39, 0.29) is 4.90 Å². The lowest BCUT2D eigenvalue weighted by Crippen LogP contribution is -2.11. The zero-order valence-corrected chi connectivity index (χ0v) is 14.8. The molecule has 2 heterocycles. The van der Waals surface area contributed by atoms with Gasteiger partial charge in [0.1, 0.15) is 5.75 Å². The number of pyridine rings is 1. The summed E-state index contributed by atoms with van der Waals surface area (Å²) in [5.74, 6) is 0.718. The van der Waals surface area contributed by atoms with Crippen LogP contribution in [0.3, 0.4) is 0 Å². The van der Waals surface area contributed by atoms with Crippen LogP contribution in [0.1, 0.15) is 0 Å². The lowest BCUT2D eigenvalue weighted by atomic mass is 10.1. The minimum absolute atomic E-state index is 0.242. The van der Waals surface area contributed by atoms with Crippen molar-refractivity contribution in [3.8, 4) is 17.0 Å². The second-order valence-electron chi connectivity index (χ2n) is 5.73. The number of hydrogen-bond acceptors (Lipinski definition) is 4. The molecule has 0 radical (unpaired) electrons. The summed E-state index contributed by atoms with van der Waals surface area (Å²) in [5.41, 5.74) is 2.72. The van der Waals surface area contributed by atoms with E-state index in [0.717, 1.165) is 17.0 Å². The summed E-state index contributed by atoms with van der Waals surface area (Å²) >= 11 is 0. The number of para-hydroxylation sites is 1. The van der Waals surface area contributed by atoms with E-state index in [1.165, 1.54) is 10.2 Å². The molecule has 6 heteroatoms. The van der Waals surface area contributed by atoms with E-state index in [2.05, 4.69) is 4.98 Å². The summed E-state index contributed by atoms with van der Waals surface area (Å²) in [4.78, 5) is 4.86. The van der Waals surface area contributed by atoms with Crippen LogP contribution in [0.25, 0.3) is 22.3 Å². The van der Waals surface area contributed by atoms with Crippen LogP contribution in [0.5, 0.6) is 5.75 Å². The maximum Gasteiger partial charge on any atom is 0.268 e. The van der Waals surface area contributed by atoms with Gasteiger partial charge >= 0.3 is 0 Å². The van der Waals surface area contributed by atoms with Gasteiger partial charge in [-0.3, -0.25) is 0 Å². The minimum atomic E-state index is -3.66. The van der Waals surface area contributed by atoms with Crippen molar-refractivity contribution in [2.75, 3.05) is 7.11 Å². The molecule has 0 unspecified atom stereocenters. The Hall–Kier alpha value is -3.12. The molecule has 0 saturated heterocycles. The molecule has 0 aliphatic rings. The third-order valence-corrected chi connectivity index (χ3v) is 5.89. The molecule has 4 rings (SSSR count). The molecule has 0 amide bonds. The number of hydrogen-bond donors (Lipinski definition) is 0. The van der Waals surface area contributed by atoms with Crippen molar-refractivity contribution in [3.63, 3.8) is 0 Å². The third kappa shape index (κ3) is 2.64. The molecule has 2 aromatic heterocycles. The van der Waals surface area contributed by atoms with Crippen molar-refractivity contribution in [1.29, 1.82) is 0 Å². The molecule has 0 aliphatic heterocycles. The third-order valence-electron chi connectivity index (χ3n) is 4.19. The van der Waals surface area contributed by atoms with Crippen LogP contribution >= 0.6 is 0 Å². The maximum atomic E-state index is 12.9. The summed E-state index contributed by atoms with van der Waals surface area (Å²) in [7, 11) is -2.05. The van der Waals surface area contributed by atoms with Gasteiger partial charge in [-0.05, 0) is 42.5 Å². The van der Waals surface area contributed by atoms with Crippen molar-refractivity contribution >= 4 is 21.1 Å². The van der Waals surface area contributed by atoms with E-state index >= 15 is 0 Å². The number of methoxy groups -OCH3 is 1. The van der Waals surface area contributed by atoms with Gasteiger partial charge in [0.05, 0.1) is 28.7 Å². The first-order valence-corrected chi connectivity index (χ1v) is 9.47. The maximum absolute atomic E-state index is 12.9. The Morgan fingerprint density at radius 1 is 0.885 bits per heavy atom. The zero-order valence-electron chi connectivity index (χ0n) is 14.0. The van der Waals surface area contributed by atoms with Crippen molar-refractivity contribution in [1.82, 2.24) is 8.96 Å². The van der Waals surface area contributed by atoms with Gasteiger partial charge in [-0.15, -0.1) is 0 Å². The molecule has 0 bridgehead atoms.